The maximum atomic E-state index is 4.61. The van der Waals surface area contributed by atoms with Gasteiger partial charge in [0.15, 0.2) is 0 Å². The summed E-state index contributed by atoms with van der Waals surface area (Å²) in [5.74, 6) is 1.00. The number of hydrogen-bond donors (Lipinski definition) is 0. The van der Waals surface area contributed by atoms with Gasteiger partial charge in [0, 0.05) is 27.9 Å². The van der Waals surface area contributed by atoms with Crippen LogP contribution in [0.3, 0.4) is 0 Å². The minimum absolute atomic E-state index is 0.0967. The molecule has 3 heterocycles. The summed E-state index contributed by atoms with van der Waals surface area (Å²) in [7, 11) is 0. The van der Waals surface area contributed by atoms with Crippen molar-refractivity contribution in [1.82, 2.24) is 14.5 Å². The Balaban J connectivity index is 2.15. The molecule has 3 nitrogen and oxygen atoms in total. The molecular formula is C19H15N3. The fraction of sp³-hybridized carbons (Fsp3) is 0.158. The SMILES string of the molecule is CC1(C)c2cncnc2-n2c3ccccc3c3cccc1c32. The maximum Gasteiger partial charge on any atom is 0.145 e. The number of hydrogen-bond acceptors (Lipinski definition) is 2. The van der Waals surface area contributed by atoms with Crippen LogP contribution in [0, 0.1) is 0 Å². The molecule has 0 atom stereocenters. The monoisotopic (exact) mass is 285 g/mol. The second-order valence-corrected chi connectivity index (χ2v) is 6.44. The summed E-state index contributed by atoms with van der Waals surface area (Å²) < 4.78 is 2.29. The molecule has 0 bridgehead atoms. The largest absolute Gasteiger partial charge is 0.293 e. The van der Waals surface area contributed by atoms with Gasteiger partial charge in [-0.05, 0) is 11.6 Å². The van der Waals surface area contributed by atoms with E-state index < -0.39 is 0 Å². The van der Waals surface area contributed by atoms with E-state index >= 15 is 0 Å². The van der Waals surface area contributed by atoms with Gasteiger partial charge in [0.05, 0.1) is 11.0 Å². The lowest BCUT2D eigenvalue weighted by Gasteiger charge is -2.33. The van der Waals surface area contributed by atoms with Crippen LogP contribution in [0.2, 0.25) is 0 Å². The summed E-state index contributed by atoms with van der Waals surface area (Å²) in [5, 5.41) is 2.58. The Hall–Kier alpha value is -2.68. The van der Waals surface area contributed by atoms with E-state index in [-0.39, 0.29) is 5.41 Å². The third kappa shape index (κ3) is 1.23. The predicted octanol–water partition coefficient (Wildman–Crippen LogP) is 4.21. The lowest BCUT2D eigenvalue weighted by Crippen LogP contribution is -2.27. The minimum atomic E-state index is -0.0967. The lowest BCUT2D eigenvalue weighted by molar-refractivity contribution is 0.619. The molecule has 106 valence electrons. The Morgan fingerprint density at radius 2 is 1.73 bits per heavy atom. The highest BCUT2D eigenvalue weighted by Crippen LogP contribution is 2.46. The number of para-hydroxylation sites is 2. The van der Waals surface area contributed by atoms with Gasteiger partial charge in [-0.2, -0.15) is 0 Å². The summed E-state index contributed by atoms with van der Waals surface area (Å²) in [6.07, 6.45) is 3.60. The maximum absolute atomic E-state index is 4.61. The molecule has 0 fully saturated rings. The molecular weight excluding hydrogens is 270 g/mol. The third-order valence-electron chi connectivity index (χ3n) is 4.94. The Labute approximate surface area is 128 Å². The second kappa shape index (κ2) is 3.74. The van der Waals surface area contributed by atoms with Gasteiger partial charge in [-0.25, -0.2) is 9.97 Å². The molecule has 0 aliphatic carbocycles. The van der Waals surface area contributed by atoms with Gasteiger partial charge in [-0.15, -0.1) is 0 Å². The van der Waals surface area contributed by atoms with Crippen molar-refractivity contribution in [3.8, 4) is 5.82 Å². The van der Waals surface area contributed by atoms with Gasteiger partial charge in [0.2, 0.25) is 0 Å². The van der Waals surface area contributed by atoms with E-state index in [0.29, 0.717) is 0 Å². The minimum Gasteiger partial charge on any atom is -0.293 e. The van der Waals surface area contributed by atoms with Crippen molar-refractivity contribution in [1.29, 1.82) is 0 Å². The molecule has 3 heteroatoms. The molecule has 2 aromatic heterocycles. The highest BCUT2D eigenvalue weighted by Gasteiger charge is 2.35. The zero-order valence-electron chi connectivity index (χ0n) is 12.5. The zero-order valence-corrected chi connectivity index (χ0v) is 12.5. The molecule has 4 aromatic rings. The average Bonchev–Trinajstić information content (AvgIpc) is 2.88. The third-order valence-corrected chi connectivity index (χ3v) is 4.94. The average molecular weight is 285 g/mol. The zero-order chi connectivity index (χ0) is 14.9. The van der Waals surface area contributed by atoms with E-state index in [1.54, 1.807) is 6.33 Å². The number of benzene rings is 2. The smallest absolute Gasteiger partial charge is 0.145 e. The van der Waals surface area contributed by atoms with Gasteiger partial charge in [-0.1, -0.05) is 50.2 Å². The Morgan fingerprint density at radius 3 is 2.64 bits per heavy atom. The standard InChI is InChI=1S/C19H15N3/c1-19(2)14-8-5-7-13-12-6-3-4-9-16(12)22(17(13)14)18-15(19)10-20-11-21-18/h3-11H,1-2H3. The molecule has 2 aromatic carbocycles. The highest BCUT2D eigenvalue weighted by molar-refractivity contribution is 6.11. The molecule has 0 saturated carbocycles. The first-order valence-electron chi connectivity index (χ1n) is 7.53. The van der Waals surface area contributed by atoms with E-state index in [4.69, 9.17) is 0 Å². The van der Waals surface area contributed by atoms with Crippen LogP contribution in [-0.2, 0) is 5.41 Å². The quantitative estimate of drug-likeness (QED) is 0.484. The second-order valence-electron chi connectivity index (χ2n) is 6.44. The van der Waals surface area contributed by atoms with Crippen LogP contribution >= 0.6 is 0 Å². The molecule has 0 radical (unpaired) electrons. The molecule has 0 spiro atoms. The van der Waals surface area contributed by atoms with Gasteiger partial charge < -0.3 is 0 Å². The van der Waals surface area contributed by atoms with Crippen LogP contribution in [0.25, 0.3) is 27.6 Å². The van der Waals surface area contributed by atoms with E-state index in [2.05, 4.69) is 70.8 Å². The van der Waals surface area contributed by atoms with E-state index in [0.717, 1.165) is 5.82 Å². The molecule has 0 saturated heterocycles. The normalized spacial score (nSPS) is 15.2. The van der Waals surface area contributed by atoms with Gasteiger partial charge in [0.25, 0.3) is 0 Å². The van der Waals surface area contributed by atoms with E-state index in [9.17, 15) is 0 Å². The molecule has 0 N–H and O–H groups in total. The van der Waals surface area contributed by atoms with Crippen LogP contribution in [0.15, 0.2) is 55.0 Å². The highest BCUT2D eigenvalue weighted by atomic mass is 15.1. The van der Waals surface area contributed by atoms with Gasteiger partial charge in [-0.3, -0.25) is 4.57 Å². The molecule has 0 amide bonds. The fourth-order valence-corrected chi connectivity index (χ4v) is 3.83. The molecule has 1 aliphatic heterocycles. The number of fused-ring (bicyclic) bond motifs is 5. The van der Waals surface area contributed by atoms with Crippen molar-refractivity contribution in [3.05, 3.63) is 66.1 Å². The molecule has 1 aliphatic rings. The first-order chi connectivity index (χ1) is 10.7. The topological polar surface area (TPSA) is 30.7 Å². The van der Waals surface area contributed by atoms with Crippen molar-refractivity contribution in [2.24, 2.45) is 0 Å². The molecule has 0 unspecified atom stereocenters. The predicted molar refractivity (Wildman–Crippen MR) is 88.5 cm³/mol. The van der Waals surface area contributed by atoms with Crippen molar-refractivity contribution >= 4 is 21.8 Å². The van der Waals surface area contributed by atoms with E-state index in [1.165, 1.54) is 32.9 Å². The van der Waals surface area contributed by atoms with Crippen LogP contribution in [-0.4, -0.2) is 14.5 Å². The summed E-state index contributed by atoms with van der Waals surface area (Å²) in [4.78, 5) is 8.88. The van der Waals surface area contributed by atoms with Gasteiger partial charge in [0.1, 0.15) is 12.1 Å². The summed E-state index contributed by atoms with van der Waals surface area (Å²) >= 11 is 0. The first-order valence-corrected chi connectivity index (χ1v) is 7.53. The number of rotatable bonds is 0. The van der Waals surface area contributed by atoms with Crippen LogP contribution in [0.4, 0.5) is 0 Å². The van der Waals surface area contributed by atoms with Crippen molar-refractivity contribution < 1.29 is 0 Å². The van der Waals surface area contributed by atoms with Crippen LogP contribution in [0.5, 0.6) is 0 Å². The Bertz CT molecular complexity index is 1060. The Morgan fingerprint density at radius 1 is 0.909 bits per heavy atom. The van der Waals surface area contributed by atoms with Crippen LogP contribution < -0.4 is 0 Å². The first kappa shape index (κ1) is 11.9. The van der Waals surface area contributed by atoms with Crippen LogP contribution in [0.1, 0.15) is 25.0 Å². The number of aromatic nitrogens is 3. The lowest BCUT2D eigenvalue weighted by atomic mass is 9.76. The Kier molecular flexibility index (Phi) is 2.03. The summed E-state index contributed by atoms with van der Waals surface area (Å²) in [6, 6.07) is 15.1. The van der Waals surface area contributed by atoms with Crippen molar-refractivity contribution in [2.75, 3.05) is 0 Å². The van der Waals surface area contributed by atoms with E-state index in [1.807, 2.05) is 6.20 Å². The van der Waals surface area contributed by atoms with Crippen molar-refractivity contribution in [3.63, 3.8) is 0 Å². The summed E-state index contributed by atoms with van der Waals surface area (Å²) in [6.45, 7) is 4.51. The fourth-order valence-electron chi connectivity index (χ4n) is 3.83. The van der Waals surface area contributed by atoms with Gasteiger partial charge >= 0.3 is 0 Å². The molecule has 22 heavy (non-hydrogen) atoms. The molecule has 5 rings (SSSR count). The van der Waals surface area contributed by atoms with Crippen molar-refractivity contribution in [2.45, 2.75) is 19.3 Å². The number of nitrogens with zero attached hydrogens (tertiary/aromatic N) is 3. The summed E-state index contributed by atoms with van der Waals surface area (Å²) in [5.41, 5.74) is 4.90.